The summed E-state index contributed by atoms with van der Waals surface area (Å²) in [7, 11) is 0. The van der Waals surface area contributed by atoms with Crippen molar-refractivity contribution in [1.29, 1.82) is 0 Å². The summed E-state index contributed by atoms with van der Waals surface area (Å²) in [5, 5.41) is 13.9. The van der Waals surface area contributed by atoms with E-state index in [9.17, 15) is 14.7 Å². The van der Waals surface area contributed by atoms with Crippen LogP contribution in [0.2, 0.25) is 5.02 Å². The van der Waals surface area contributed by atoms with E-state index in [0.717, 1.165) is 5.56 Å². The summed E-state index contributed by atoms with van der Waals surface area (Å²) >= 11 is 6.03. The number of carbonyl (C=O) groups is 2. The second kappa shape index (κ2) is 6.63. The van der Waals surface area contributed by atoms with Crippen molar-refractivity contribution in [2.45, 2.75) is 18.9 Å². The van der Waals surface area contributed by atoms with Crippen LogP contribution in [0.15, 0.2) is 36.4 Å². The molecule has 1 aliphatic rings. The lowest BCUT2D eigenvalue weighted by Gasteiger charge is -2.28. The standard InChI is InChI=1S/C18H17ClN2O3/c19-15-2-1-3-16(14(15)9-22)21-11-6-4-10-5-7-12(18(20)24)17(23)13(10)8-11/h1-4,6,8-9,12,17,21,23H,5,7H2,(H2,20,24). The molecule has 0 spiro atoms. The van der Waals surface area contributed by atoms with Gasteiger partial charge in [0.05, 0.1) is 28.3 Å². The summed E-state index contributed by atoms with van der Waals surface area (Å²) in [5.74, 6) is -1.07. The Kier molecular flexibility index (Phi) is 4.55. The Labute approximate surface area is 144 Å². The van der Waals surface area contributed by atoms with Gasteiger partial charge in [-0.15, -0.1) is 0 Å². The highest BCUT2D eigenvalue weighted by Crippen LogP contribution is 2.36. The van der Waals surface area contributed by atoms with Crippen molar-refractivity contribution in [3.63, 3.8) is 0 Å². The minimum atomic E-state index is -0.919. The van der Waals surface area contributed by atoms with E-state index >= 15 is 0 Å². The number of rotatable bonds is 4. The molecule has 3 rings (SSSR count). The minimum Gasteiger partial charge on any atom is -0.388 e. The van der Waals surface area contributed by atoms with Crippen LogP contribution in [0.3, 0.4) is 0 Å². The Morgan fingerprint density at radius 2 is 2.12 bits per heavy atom. The number of anilines is 2. The van der Waals surface area contributed by atoms with Crippen molar-refractivity contribution in [2.75, 3.05) is 5.32 Å². The van der Waals surface area contributed by atoms with Gasteiger partial charge in [-0.25, -0.2) is 0 Å². The van der Waals surface area contributed by atoms with E-state index in [-0.39, 0.29) is 0 Å². The summed E-state index contributed by atoms with van der Waals surface area (Å²) in [5.41, 5.74) is 8.68. The van der Waals surface area contributed by atoms with Crippen LogP contribution in [-0.4, -0.2) is 17.3 Å². The quantitative estimate of drug-likeness (QED) is 0.743. The molecule has 6 heteroatoms. The highest BCUT2D eigenvalue weighted by molar-refractivity contribution is 6.33. The lowest BCUT2D eigenvalue weighted by Crippen LogP contribution is -2.32. The first-order valence-corrected chi connectivity index (χ1v) is 8.00. The van der Waals surface area contributed by atoms with Crippen LogP contribution in [0.5, 0.6) is 0 Å². The Hall–Kier alpha value is -2.37. The fourth-order valence-electron chi connectivity index (χ4n) is 3.08. The lowest BCUT2D eigenvalue weighted by molar-refractivity contribution is -0.126. The number of nitrogens with one attached hydrogen (secondary N) is 1. The Morgan fingerprint density at radius 1 is 1.33 bits per heavy atom. The molecule has 4 N–H and O–H groups in total. The molecule has 0 radical (unpaired) electrons. The number of hydrogen-bond donors (Lipinski definition) is 3. The zero-order valence-corrected chi connectivity index (χ0v) is 13.6. The van der Waals surface area contributed by atoms with E-state index < -0.39 is 17.9 Å². The zero-order chi connectivity index (χ0) is 17.3. The molecule has 0 heterocycles. The number of aliphatic hydroxyl groups excluding tert-OH is 1. The highest BCUT2D eigenvalue weighted by Gasteiger charge is 2.31. The van der Waals surface area contributed by atoms with Gasteiger partial charge in [0.15, 0.2) is 6.29 Å². The van der Waals surface area contributed by atoms with Gasteiger partial charge in [-0.2, -0.15) is 0 Å². The number of halogens is 1. The molecule has 1 aliphatic carbocycles. The molecule has 5 nitrogen and oxygen atoms in total. The minimum absolute atomic E-state index is 0.363. The van der Waals surface area contributed by atoms with Crippen LogP contribution in [0.1, 0.15) is 34.0 Å². The fourth-order valence-corrected chi connectivity index (χ4v) is 3.30. The predicted molar refractivity (Wildman–Crippen MR) is 92.5 cm³/mol. The van der Waals surface area contributed by atoms with Gasteiger partial charge in [0.25, 0.3) is 0 Å². The first-order valence-electron chi connectivity index (χ1n) is 7.62. The molecule has 0 bridgehead atoms. The van der Waals surface area contributed by atoms with Crippen LogP contribution in [0.25, 0.3) is 0 Å². The van der Waals surface area contributed by atoms with Crippen LogP contribution in [0, 0.1) is 5.92 Å². The molecule has 0 saturated heterocycles. The summed E-state index contributed by atoms with van der Waals surface area (Å²) in [6.07, 6.45) is 1.01. The number of primary amides is 1. The number of aliphatic hydroxyl groups is 1. The van der Waals surface area contributed by atoms with Gasteiger partial charge in [-0.1, -0.05) is 23.7 Å². The maximum atomic E-state index is 11.5. The molecule has 24 heavy (non-hydrogen) atoms. The zero-order valence-electron chi connectivity index (χ0n) is 12.8. The number of aryl methyl sites for hydroxylation is 1. The molecule has 0 saturated carbocycles. The second-order valence-electron chi connectivity index (χ2n) is 5.85. The van der Waals surface area contributed by atoms with E-state index in [1.807, 2.05) is 12.1 Å². The first kappa shape index (κ1) is 16.5. The molecular weight excluding hydrogens is 328 g/mol. The number of carbonyl (C=O) groups excluding carboxylic acids is 2. The van der Waals surface area contributed by atoms with Crippen molar-refractivity contribution in [3.05, 3.63) is 58.1 Å². The Morgan fingerprint density at radius 3 is 2.83 bits per heavy atom. The van der Waals surface area contributed by atoms with Crippen molar-refractivity contribution < 1.29 is 14.7 Å². The predicted octanol–water partition coefficient (Wildman–Crippen LogP) is 2.98. The molecule has 2 aromatic carbocycles. The maximum absolute atomic E-state index is 11.5. The molecule has 0 fully saturated rings. The van der Waals surface area contributed by atoms with Gasteiger partial charge >= 0.3 is 0 Å². The van der Waals surface area contributed by atoms with Crippen LogP contribution in [-0.2, 0) is 11.2 Å². The Balaban J connectivity index is 1.94. The van der Waals surface area contributed by atoms with Crippen LogP contribution >= 0.6 is 11.6 Å². The highest BCUT2D eigenvalue weighted by atomic mass is 35.5. The largest absolute Gasteiger partial charge is 0.388 e. The van der Waals surface area contributed by atoms with Gasteiger partial charge in [-0.05, 0) is 48.2 Å². The van der Waals surface area contributed by atoms with Gasteiger partial charge in [0, 0.05) is 5.69 Å². The van der Waals surface area contributed by atoms with Crippen LogP contribution in [0.4, 0.5) is 11.4 Å². The monoisotopic (exact) mass is 344 g/mol. The number of fused-ring (bicyclic) bond motifs is 1. The molecule has 2 unspecified atom stereocenters. The van der Waals surface area contributed by atoms with Crippen molar-refractivity contribution in [2.24, 2.45) is 11.7 Å². The first-order chi connectivity index (χ1) is 11.5. The fraction of sp³-hybridized carbons (Fsp3) is 0.222. The number of aldehydes is 1. The normalized spacial score (nSPS) is 19.4. The van der Waals surface area contributed by atoms with Crippen LogP contribution < -0.4 is 11.1 Å². The van der Waals surface area contributed by atoms with E-state index in [2.05, 4.69) is 5.32 Å². The van der Waals surface area contributed by atoms with Gasteiger partial charge in [0.2, 0.25) is 5.91 Å². The van der Waals surface area contributed by atoms with Gasteiger partial charge in [-0.3, -0.25) is 9.59 Å². The molecule has 124 valence electrons. The third-order valence-corrected chi connectivity index (χ3v) is 4.72. The molecule has 0 aliphatic heterocycles. The van der Waals surface area contributed by atoms with Gasteiger partial charge in [0.1, 0.15) is 0 Å². The third kappa shape index (κ3) is 3.00. The average Bonchev–Trinajstić information content (AvgIpc) is 2.55. The van der Waals surface area contributed by atoms with E-state index in [1.54, 1.807) is 24.3 Å². The average molecular weight is 345 g/mol. The second-order valence-corrected chi connectivity index (χ2v) is 6.26. The summed E-state index contributed by atoms with van der Waals surface area (Å²) in [4.78, 5) is 22.7. The van der Waals surface area contributed by atoms with Crippen molar-refractivity contribution in [1.82, 2.24) is 0 Å². The molecular formula is C18H17ClN2O3. The van der Waals surface area contributed by atoms with Crippen molar-refractivity contribution in [3.8, 4) is 0 Å². The van der Waals surface area contributed by atoms with Gasteiger partial charge < -0.3 is 16.2 Å². The third-order valence-electron chi connectivity index (χ3n) is 4.39. The number of benzene rings is 2. The molecule has 2 aromatic rings. The topological polar surface area (TPSA) is 92.4 Å². The summed E-state index contributed by atoms with van der Waals surface area (Å²) in [6, 6.07) is 10.7. The Bertz CT molecular complexity index is 807. The molecule has 1 amide bonds. The number of nitrogens with two attached hydrogens (primary N) is 1. The van der Waals surface area contributed by atoms with E-state index in [4.69, 9.17) is 17.3 Å². The van der Waals surface area contributed by atoms with Crippen molar-refractivity contribution >= 4 is 35.2 Å². The molecule has 2 atom stereocenters. The number of amides is 1. The van der Waals surface area contributed by atoms with E-state index in [1.165, 1.54) is 0 Å². The summed E-state index contributed by atoms with van der Waals surface area (Å²) < 4.78 is 0. The lowest BCUT2D eigenvalue weighted by atomic mass is 9.81. The van der Waals surface area contributed by atoms with E-state index in [0.29, 0.717) is 46.7 Å². The maximum Gasteiger partial charge on any atom is 0.223 e. The molecule has 0 aromatic heterocycles. The summed E-state index contributed by atoms with van der Waals surface area (Å²) in [6.45, 7) is 0. The SMILES string of the molecule is NC(=O)C1CCc2ccc(Nc3cccc(Cl)c3C=O)cc2C1O. The smallest absolute Gasteiger partial charge is 0.223 e. The number of hydrogen-bond acceptors (Lipinski definition) is 4.